The topological polar surface area (TPSA) is 54.9 Å². The molecule has 1 fully saturated rings. The Morgan fingerprint density at radius 3 is 2.77 bits per heavy atom. The number of hydrogen-bond acceptors (Lipinski definition) is 6. The highest BCUT2D eigenvalue weighted by atomic mass is 32.1. The number of carbonyl (C=O) groups is 1. The Labute approximate surface area is 178 Å². The highest BCUT2D eigenvalue weighted by molar-refractivity contribution is 7.22. The van der Waals surface area contributed by atoms with Gasteiger partial charge in [0.15, 0.2) is 11.7 Å². The van der Waals surface area contributed by atoms with Gasteiger partial charge in [-0.2, -0.15) is 0 Å². The number of nitrogens with zero attached hydrogens (tertiary/aromatic N) is 3. The number of ether oxygens (including phenoxy) is 2. The molecule has 4 rings (SSSR count). The zero-order valence-electron chi connectivity index (χ0n) is 16.8. The minimum Gasteiger partial charge on any atom is -0.484 e. The molecule has 2 heterocycles. The lowest BCUT2D eigenvalue weighted by atomic mass is 10.2. The summed E-state index contributed by atoms with van der Waals surface area (Å²) in [5, 5.41) is 0.663. The number of fused-ring (bicyclic) bond motifs is 1. The molecule has 3 aromatic rings. The third kappa shape index (κ3) is 5.13. The van der Waals surface area contributed by atoms with Gasteiger partial charge < -0.3 is 9.47 Å². The van der Waals surface area contributed by atoms with Crippen molar-refractivity contribution < 1.29 is 18.7 Å². The molecule has 0 radical (unpaired) electrons. The number of amides is 1. The fraction of sp³-hybridized carbons (Fsp3) is 0.364. The Hall–Kier alpha value is -2.55. The first kappa shape index (κ1) is 20.7. The van der Waals surface area contributed by atoms with E-state index in [0.29, 0.717) is 30.6 Å². The van der Waals surface area contributed by atoms with Crippen molar-refractivity contribution in [3.63, 3.8) is 0 Å². The van der Waals surface area contributed by atoms with Crippen LogP contribution in [0.2, 0.25) is 0 Å². The summed E-state index contributed by atoms with van der Waals surface area (Å²) in [7, 11) is 0. The highest BCUT2D eigenvalue weighted by Crippen LogP contribution is 2.29. The van der Waals surface area contributed by atoms with Crippen molar-refractivity contribution in [3.8, 4) is 5.75 Å². The summed E-state index contributed by atoms with van der Waals surface area (Å²) in [4.78, 5) is 21.7. The lowest BCUT2D eigenvalue weighted by molar-refractivity contribution is -0.120. The van der Waals surface area contributed by atoms with Crippen LogP contribution in [0.15, 0.2) is 42.5 Å². The third-order valence-corrected chi connectivity index (χ3v) is 6.03. The van der Waals surface area contributed by atoms with E-state index in [1.807, 2.05) is 19.1 Å². The summed E-state index contributed by atoms with van der Waals surface area (Å²) in [5.41, 5.74) is 2.03. The van der Waals surface area contributed by atoms with Crippen LogP contribution in [0.1, 0.15) is 5.56 Å². The van der Waals surface area contributed by atoms with E-state index >= 15 is 0 Å². The van der Waals surface area contributed by atoms with Crippen LogP contribution in [0.25, 0.3) is 10.2 Å². The lowest BCUT2D eigenvalue weighted by Crippen LogP contribution is -2.44. The van der Waals surface area contributed by atoms with Gasteiger partial charge in [0, 0.05) is 26.2 Å². The minimum absolute atomic E-state index is 0.135. The van der Waals surface area contributed by atoms with E-state index in [0.717, 1.165) is 35.4 Å². The van der Waals surface area contributed by atoms with Gasteiger partial charge in [-0.05, 0) is 48.9 Å². The van der Waals surface area contributed by atoms with Gasteiger partial charge in [0.1, 0.15) is 11.6 Å². The molecule has 0 saturated carbocycles. The standard InChI is InChI=1S/C22H24FN3O3S/c1-16-2-7-19-20(14-16)30-22(24-19)26(9-8-25-10-12-28-13-11-25)21(27)15-29-18-5-3-17(23)4-6-18/h2-7,14H,8-13,15H2,1H3. The van der Waals surface area contributed by atoms with E-state index in [1.54, 1.807) is 4.90 Å². The summed E-state index contributed by atoms with van der Waals surface area (Å²) in [6.07, 6.45) is 0. The average Bonchev–Trinajstić information content (AvgIpc) is 3.17. The average molecular weight is 430 g/mol. The van der Waals surface area contributed by atoms with Crippen LogP contribution in [-0.2, 0) is 9.53 Å². The predicted octanol–water partition coefficient (Wildman–Crippen LogP) is 3.49. The predicted molar refractivity (Wildman–Crippen MR) is 116 cm³/mol. The number of halogens is 1. The Kier molecular flexibility index (Phi) is 6.56. The summed E-state index contributed by atoms with van der Waals surface area (Å²) < 4.78 is 25.1. The molecule has 0 N–H and O–H groups in total. The summed E-state index contributed by atoms with van der Waals surface area (Å²) in [5.74, 6) is -0.0632. The molecule has 1 saturated heterocycles. The molecule has 0 spiro atoms. The van der Waals surface area contributed by atoms with Crippen molar-refractivity contribution >= 4 is 32.6 Å². The maximum absolute atomic E-state index is 13.1. The fourth-order valence-electron chi connectivity index (χ4n) is 3.28. The second-order valence-corrected chi connectivity index (χ2v) is 8.22. The zero-order chi connectivity index (χ0) is 20.9. The first-order valence-corrected chi connectivity index (χ1v) is 10.8. The molecule has 2 aromatic carbocycles. The molecule has 1 aliphatic rings. The first-order chi connectivity index (χ1) is 14.6. The van der Waals surface area contributed by atoms with Gasteiger partial charge in [0.2, 0.25) is 0 Å². The molecule has 1 aromatic heterocycles. The summed E-state index contributed by atoms with van der Waals surface area (Å²) >= 11 is 1.50. The molecule has 0 bridgehead atoms. The van der Waals surface area contributed by atoms with Gasteiger partial charge in [0.05, 0.1) is 23.4 Å². The fourth-order valence-corrected chi connectivity index (χ4v) is 4.39. The molecular weight excluding hydrogens is 405 g/mol. The van der Waals surface area contributed by atoms with Gasteiger partial charge in [-0.25, -0.2) is 9.37 Å². The Morgan fingerprint density at radius 1 is 1.23 bits per heavy atom. The van der Waals surface area contributed by atoms with Gasteiger partial charge in [-0.3, -0.25) is 14.6 Å². The van der Waals surface area contributed by atoms with Crippen LogP contribution in [0, 0.1) is 12.7 Å². The van der Waals surface area contributed by atoms with Crippen LogP contribution in [0.3, 0.4) is 0 Å². The first-order valence-electron chi connectivity index (χ1n) is 9.94. The number of hydrogen-bond donors (Lipinski definition) is 0. The monoisotopic (exact) mass is 429 g/mol. The van der Waals surface area contributed by atoms with Gasteiger partial charge in [0.25, 0.3) is 5.91 Å². The van der Waals surface area contributed by atoms with Crippen LogP contribution < -0.4 is 9.64 Å². The van der Waals surface area contributed by atoms with Crippen molar-refractivity contribution in [2.75, 3.05) is 50.9 Å². The van der Waals surface area contributed by atoms with Crippen molar-refractivity contribution in [2.24, 2.45) is 0 Å². The molecule has 0 unspecified atom stereocenters. The SMILES string of the molecule is Cc1ccc2nc(N(CCN3CCOCC3)C(=O)COc3ccc(F)cc3)sc2c1. The molecule has 30 heavy (non-hydrogen) atoms. The number of carbonyl (C=O) groups excluding carboxylic acids is 1. The minimum atomic E-state index is -0.342. The largest absolute Gasteiger partial charge is 0.484 e. The summed E-state index contributed by atoms with van der Waals surface area (Å²) in [6, 6.07) is 11.7. The van der Waals surface area contributed by atoms with Crippen LogP contribution >= 0.6 is 11.3 Å². The number of anilines is 1. The highest BCUT2D eigenvalue weighted by Gasteiger charge is 2.22. The number of thiazole rings is 1. The number of aryl methyl sites for hydroxylation is 1. The normalized spacial score (nSPS) is 14.7. The Bertz CT molecular complexity index is 1000. The molecule has 158 valence electrons. The van der Waals surface area contributed by atoms with E-state index < -0.39 is 0 Å². The van der Waals surface area contributed by atoms with Crippen molar-refractivity contribution in [3.05, 3.63) is 53.8 Å². The van der Waals surface area contributed by atoms with E-state index in [-0.39, 0.29) is 18.3 Å². The van der Waals surface area contributed by atoms with Crippen LogP contribution in [0.4, 0.5) is 9.52 Å². The van der Waals surface area contributed by atoms with Crippen molar-refractivity contribution in [1.29, 1.82) is 0 Å². The van der Waals surface area contributed by atoms with Crippen LogP contribution in [0.5, 0.6) is 5.75 Å². The van der Waals surface area contributed by atoms with Gasteiger partial charge in [-0.1, -0.05) is 17.4 Å². The quantitative estimate of drug-likeness (QED) is 0.576. The molecule has 0 atom stereocenters. The molecule has 0 aliphatic carbocycles. The molecule has 6 nitrogen and oxygen atoms in total. The second-order valence-electron chi connectivity index (χ2n) is 7.21. The Balaban J connectivity index is 1.50. The number of benzene rings is 2. The maximum atomic E-state index is 13.1. The molecule has 1 amide bonds. The second kappa shape index (κ2) is 9.51. The third-order valence-electron chi connectivity index (χ3n) is 4.98. The van der Waals surface area contributed by atoms with E-state index in [9.17, 15) is 9.18 Å². The van der Waals surface area contributed by atoms with E-state index in [4.69, 9.17) is 9.47 Å². The van der Waals surface area contributed by atoms with Gasteiger partial charge in [-0.15, -0.1) is 0 Å². The molecule has 1 aliphatic heterocycles. The van der Waals surface area contributed by atoms with Crippen molar-refractivity contribution in [1.82, 2.24) is 9.88 Å². The van der Waals surface area contributed by atoms with Gasteiger partial charge >= 0.3 is 0 Å². The Morgan fingerprint density at radius 2 is 2.00 bits per heavy atom. The zero-order valence-corrected chi connectivity index (χ0v) is 17.7. The van der Waals surface area contributed by atoms with Crippen molar-refractivity contribution in [2.45, 2.75) is 6.92 Å². The van der Waals surface area contributed by atoms with Crippen LogP contribution in [-0.4, -0.2) is 61.8 Å². The molecular formula is C22H24FN3O3S. The maximum Gasteiger partial charge on any atom is 0.266 e. The lowest BCUT2D eigenvalue weighted by Gasteiger charge is -2.29. The smallest absolute Gasteiger partial charge is 0.266 e. The number of aromatic nitrogens is 1. The van der Waals surface area contributed by atoms with E-state index in [1.165, 1.54) is 35.6 Å². The summed E-state index contributed by atoms with van der Waals surface area (Å²) in [6.45, 7) is 6.29. The number of rotatable bonds is 7. The van der Waals surface area contributed by atoms with E-state index in [2.05, 4.69) is 16.0 Å². The molecule has 8 heteroatoms. The number of morpholine rings is 1.